The summed E-state index contributed by atoms with van der Waals surface area (Å²) in [6, 6.07) is 1.98. The van der Waals surface area contributed by atoms with E-state index in [0.717, 1.165) is 11.2 Å². The zero-order valence-electron chi connectivity index (χ0n) is 7.57. The van der Waals surface area contributed by atoms with Crippen LogP contribution < -0.4 is 5.32 Å². The number of aromatic nitrogens is 4. The van der Waals surface area contributed by atoms with E-state index in [1.807, 2.05) is 13.0 Å². The largest absolute Gasteiger partial charge is 0.355 e. The molecule has 2 aromatic heterocycles. The Morgan fingerprint density at radius 3 is 3.14 bits per heavy atom. The Labute approximate surface area is 80.0 Å². The first-order chi connectivity index (χ1) is 6.83. The SMILES string of the molecule is Cc1[nH]nc2c(NCC#N)ncnc12. The molecule has 2 heterocycles. The van der Waals surface area contributed by atoms with E-state index in [9.17, 15) is 0 Å². The lowest BCUT2D eigenvalue weighted by molar-refractivity contribution is 1.06. The summed E-state index contributed by atoms with van der Waals surface area (Å²) < 4.78 is 0. The molecule has 2 rings (SSSR count). The fourth-order valence-electron chi connectivity index (χ4n) is 1.20. The van der Waals surface area contributed by atoms with Gasteiger partial charge in [0.1, 0.15) is 18.4 Å². The molecule has 0 saturated heterocycles. The highest BCUT2D eigenvalue weighted by Crippen LogP contribution is 2.17. The Bertz CT molecular complexity index is 494. The molecule has 0 aliphatic heterocycles. The Kier molecular flexibility index (Phi) is 1.99. The molecule has 6 nitrogen and oxygen atoms in total. The number of nitriles is 1. The maximum absolute atomic E-state index is 8.42. The van der Waals surface area contributed by atoms with E-state index in [1.54, 1.807) is 0 Å². The van der Waals surface area contributed by atoms with Crippen LogP contribution in [0.4, 0.5) is 5.82 Å². The Morgan fingerprint density at radius 1 is 1.50 bits per heavy atom. The van der Waals surface area contributed by atoms with Crippen molar-refractivity contribution in [3.8, 4) is 6.07 Å². The highest BCUT2D eigenvalue weighted by Gasteiger charge is 2.07. The first-order valence-corrected chi connectivity index (χ1v) is 4.09. The van der Waals surface area contributed by atoms with Gasteiger partial charge in [-0.05, 0) is 6.92 Å². The Hall–Kier alpha value is -2.16. The van der Waals surface area contributed by atoms with Crippen molar-refractivity contribution in [2.45, 2.75) is 6.92 Å². The third-order valence-electron chi connectivity index (χ3n) is 1.85. The molecule has 0 bridgehead atoms. The van der Waals surface area contributed by atoms with Gasteiger partial charge in [-0.3, -0.25) is 5.10 Å². The quantitative estimate of drug-likeness (QED) is 0.673. The molecule has 0 aromatic carbocycles. The van der Waals surface area contributed by atoms with Gasteiger partial charge < -0.3 is 5.32 Å². The highest BCUT2D eigenvalue weighted by molar-refractivity contribution is 5.86. The summed E-state index contributed by atoms with van der Waals surface area (Å²) in [5, 5.41) is 18.1. The number of nitrogens with one attached hydrogen (secondary N) is 2. The second-order valence-corrected chi connectivity index (χ2v) is 2.78. The third-order valence-corrected chi connectivity index (χ3v) is 1.85. The molecule has 14 heavy (non-hydrogen) atoms. The van der Waals surface area contributed by atoms with Gasteiger partial charge in [0.05, 0.1) is 11.8 Å². The predicted molar refractivity (Wildman–Crippen MR) is 50.5 cm³/mol. The minimum Gasteiger partial charge on any atom is -0.355 e. The van der Waals surface area contributed by atoms with Gasteiger partial charge in [0, 0.05) is 0 Å². The van der Waals surface area contributed by atoms with Crippen LogP contribution in [0.3, 0.4) is 0 Å². The van der Waals surface area contributed by atoms with E-state index < -0.39 is 0 Å². The van der Waals surface area contributed by atoms with Crippen LogP contribution >= 0.6 is 0 Å². The van der Waals surface area contributed by atoms with Crippen molar-refractivity contribution >= 4 is 16.9 Å². The molecule has 0 fully saturated rings. The van der Waals surface area contributed by atoms with Crippen molar-refractivity contribution in [2.75, 3.05) is 11.9 Å². The van der Waals surface area contributed by atoms with Crippen LogP contribution in [0.15, 0.2) is 6.33 Å². The highest BCUT2D eigenvalue weighted by atomic mass is 15.2. The van der Waals surface area contributed by atoms with Crippen LogP contribution in [0.5, 0.6) is 0 Å². The maximum atomic E-state index is 8.42. The Balaban J connectivity index is 2.50. The third kappa shape index (κ3) is 1.25. The van der Waals surface area contributed by atoms with Crippen LogP contribution in [0.2, 0.25) is 0 Å². The molecule has 0 unspecified atom stereocenters. The molecule has 0 aliphatic carbocycles. The van der Waals surface area contributed by atoms with Crippen molar-refractivity contribution in [1.29, 1.82) is 5.26 Å². The van der Waals surface area contributed by atoms with Crippen molar-refractivity contribution in [1.82, 2.24) is 20.2 Å². The van der Waals surface area contributed by atoms with Gasteiger partial charge in [-0.1, -0.05) is 0 Å². The van der Waals surface area contributed by atoms with E-state index in [2.05, 4.69) is 25.5 Å². The van der Waals surface area contributed by atoms with E-state index >= 15 is 0 Å². The summed E-state index contributed by atoms with van der Waals surface area (Å²) in [4.78, 5) is 8.08. The number of nitrogens with zero attached hydrogens (tertiary/aromatic N) is 4. The van der Waals surface area contributed by atoms with Crippen LogP contribution in [0.1, 0.15) is 5.69 Å². The first kappa shape index (κ1) is 8.44. The van der Waals surface area contributed by atoms with E-state index in [0.29, 0.717) is 11.3 Å². The van der Waals surface area contributed by atoms with Gasteiger partial charge >= 0.3 is 0 Å². The minimum absolute atomic E-state index is 0.206. The van der Waals surface area contributed by atoms with Gasteiger partial charge in [0.15, 0.2) is 11.3 Å². The zero-order valence-corrected chi connectivity index (χ0v) is 7.57. The molecule has 2 N–H and O–H groups in total. The number of aryl methyl sites for hydroxylation is 1. The normalized spacial score (nSPS) is 10.0. The van der Waals surface area contributed by atoms with Gasteiger partial charge in [-0.25, -0.2) is 9.97 Å². The number of rotatable bonds is 2. The van der Waals surface area contributed by atoms with Crippen LogP contribution in [-0.4, -0.2) is 26.7 Å². The van der Waals surface area contributed by atoms with Gasteiger partial charge in [0.25, 0.3) is 0 Å². The predicted octanol–water partition coefficient (Wildman–Crippen LogP) is 0.597. The minimum atomic E-state index is 0.206. The molecule has 0 atom stereocenters. The molecule has 0 spiro atoms. The lowest BCUT2D eigenvalue weighted by Gasteiger charge is -1.99. The molecule has 0 amide bonds. The molecular formula is C8H8N6. The number of fused-ring (bicyclic) bond motifs is 1. The van der Waals surface area contributed by atoms with E-state index in [-0.39, 0.29) is 6.54 Å². The average Bonchev–Trinajstić information content (AvgIpc) is 2.58. The topological polar surface area (TPSA) is 90.3 Å². The summed E-state index contributed by atoms with van der Waals surface area (Å²) >= 11 is 0. The van der Waals surface area contributed by atoms with Crippen molar-refractivity contribution < 1.29 is 0 Å². The summed E-state index contributed by atoms with van der Waals surface area (Å²) in [5.41, 5.74) is 2.34. The van der Waals surface area contributed by atoms with E-state index in [1.165, 1.54) is 6.33 Å². The van der Waals surface area contributed by atoms with Crippen molar-refractivity contribution in [2.24, 2.45) is 0 Å². The van der Waals surface area contributed by atoms with Crippen LogP contribution in [-0.2, 0) is 0 Å². The summed E-state index contributed by atoms with van der Waals surface area (Å²) in [7, 11) is 0. The van der Waals surface area contributed by atoms with E-state index in [4.69, 9.17) is 5.26 Å². The molecule has 2 aromatic rings. The number of H-pyrrole nitrogens is 1. The molecule has 6 heteroatoms. The molecular weight excluding hydrogens is 180 g/mol. The van der Waals surface area contributed by atoms with Crippen molar-refractivity contribution in [3.63, 3.8) is 0 Å². The number of aromatic amines is 1. The fourth-order valence-corrected chi connectivity index (χ4v) is 1.20. The number of anilines is 1. The number of hydrogen-bond acceptors (Lipinski definition) is 5. The second-order valence-electron chi connectivity index (χ2n) is 2.78. The maximum Gasteiger partial charge on any atom is 0.158 e. The van der Waals surface area contributed by atoms with Gasteiger partial charge in [0.2, 0.25) is 0 Å². The molecule has 0 radical (unpaired) electrons. The second kappa shape index (κ2) is 3.30. The Morgan fingerprint density at radius 2 is 2.36 bits per heavy atom. The van der Waals surface area contributed by atoms with Crippen molar-refractivity contribution in [3.05, 3.63) is 12.0 Å². The fraction of sp³-hybridized carbons (Fsp3) is 0.250. The summed E-state index contributed by atoms with van der Waals surface area (Å²) in [6.07, 6.45) is 1.45. The van der Waals surface area contributed by atoms with Crippen LogP contribution in [0, 0.1) is 18.3 Å². The molecule has 0 aliphatic rings. The molecule has 0 saturated carbocycles. The summed E-state index contributed by atoms with van der Waals surface area (Å²) in [6.45, 7) is 2.09. The van der Waals surface area contributed by atoms with Gasteiger partial charge in [-0.2, -0.15) is 10.4 Å². The molecule has 70 valence electrons. The van der Waals surface area contributed by atoms with Crippen LogP contribution in [0.25, 0.3) is 11.0 Å². The number of hydrogen-bond donors (Lipinski definition) is 2. The summed E-state index contributed by atoms with van der Waals surface area (Å²) in [5.74, 6) is 0.584. The monoisotopic (exact) mass is 188 g/mol. The zero-order chi connectivity index (χ0) is 9.97. The lowest BCUT2D eigenvalue weighted by Crippen LogP contribution is -2.01. The average molecular weight is 188 g/mol. The smallest absolute Gasteiger partial charge is 0.158 e. The first-order valence-electron chi connectivity index (χ1n) is 4.09. The lowest BCUT2D eigenvalue weighted by atomic mass is 10.3. The standard InChI is InChI=1S/C8H8N6/c1-5-6-7(14-13-5)8(10-3-2-9)12-4-11-6/h4H,3H2,1H3,(H,13,14)(H,10,11,12). The van der Waals surface area contributed by atoms with Gasteiger partial charge in [-0.15, -0.1) is 0 Å².